The fourth-order valence-corrected chi connectivity index (χ4v) is 1.69. The Balaban J connectivity index is 2.46. The van der Waals surface area contributed by atoms with E-state index >= 15 is 0 Å². The summed E-state index contributed by atoms with van der Waals surface area (Å²) >= 11 is 0. The van der Waals surface area contributed by atoms with E-state index in [9.17, 15) is 9.59 Å². The second-order valence-corrected chi connectivity index (χ2v) is 4.72. The predicted octanol–water partition coefficient (Wildman–Crippen LogP) is 0.662. The summed E-state index contributed by atoms with van der Waals surface area (Å²) in [5.41, 5.74) is 7.85. The van der Waals surface area contributed by atoms with Gasteiger partial charge in [-0.05, 0) is 30.2 Å². The van der Waals surface area contributed by atoms with E-state index in [1.54, 1.807) is 31.1 Å². The minimum absolute atomic E-state index is 0.105. The number of carbonyl (C=O) groups excluding carboxylic acids is 2. The van der Waals surface area contributed by atoms with Gasteiger partial charge in [0, 0.05) is 39.2 Å². The van der Waals surface area contributed by atoms with Crippen molar-refractivity contribution in [2.75, 3.05) is 20.6 Å². The van der Waals surface area contributed by atoms with Crippen LogP contribution in [0.2, 0.25) is 0 Å². The summed E-state index contributed by atoms with van der Waals surface area (Å²) in [6.45, 7) is 3.24. The Hall–Kier alpha value is -1.88. The van der Waals surface area contributed by atoms with Crippen LogP contribution in [0.4, 0.5) is 0 Å². The van der Waals surface area contributed by atoms with Crippen molar-refractivity contribution in [3.63, 3.8) is 0 Å². The molecule has 0 spiro atoms. The van der Waals surface area contributed by atoms with Crippen molar-refractivity contribution in [2.45, 2.75) is 19.9 Å². The number of rotatable bonds is 6. The molecule has 0 aromatic heterocycles. The van der Waals surface area contributed by atoms with Crippen molar-refractivity contribution in [3.8, 4) is 0 Å². The lowest BCUT2D eigenvalue weighted by atomic mass is 10.0. The van der Waals surface area contributed by atoms with Gasteiger partial charge in [-0.25, -0.2) is 0 Å². The molecule has 104 valence electrons. The molecule has 0 atom stereocenters. The Morgan fingerprint density at radius 3 is 2.53 bits per heavy atom. The quantitative estimate of drug-likeness (QED) is 0.740. The Morgan fingerprint density at radius 1 is 1.32 bits per heavy atom. The molecule has 0 saturated carbocycles. The van der Waals surface area contributed by atoms with Crippen LogP contribution in [0.3, 0.4) is 0 Å². The predicted molar refractivity (Wildman–Crippen MR) is 74.7 cm³/mol. The van der Waals surface area contributed by atoms with Crippen LogP contribution in [-0.2, 0) is 11.3 Å². The highest BCUT2D eigenvalue weighted by atomic mass is 16.2. The zero-order chi connectivity index (χ0) is 14.4. The van der Waals surface area contributed by atoms with Gasteiger partial charge in [-0.2, -0.15) is 0 Å². The van der Waals surface area contributed by atoms with E-state index in [-0.39, 0.29) is 5.91 Å². The van der Waals surface area contributed by atoms with E-state index in [4.69, 9.17) is 5.73 Å². The zero-order valence-electron chi connectivity index (χ0n) is 11.7. The minimum atomic E-state index is -0.417. The number of hydrogen-bond donors (Lipinski definition) is 2. The molecular formula is C14H21N3O2. The molecule has 2 amide bonds. The van der Waals surface area contributed by atoms with Crippen molar-refractivity contribution >= 4 is 11.8 Å². The molecule has 5 nitrogen and oxygen atoms in total. The van der Waals surface area contributed by atoms with E-state index in [1.807, 2.05) is 13.0 Å². The summed E-state index contributed by atoms with van der Waals surface area (Å²) < 4.78 is 0. The van der Waals surface area contributed by atoms with Crippen molar-refractivity contribution in [1.29, 1.82) is 0 Å². The highest BCUT2D eigenvalue weighted by Gasteiger charge is 2.05. The van der Waals surface area contributed by atoms with Gasteiger partial charge < -0.3 is 16.0 Å². The molecule has 0 aliphatic heterocycles. The normalized spacial score (nSPS) is 10.3. The maximum atomic E-state index is 11.4. The molecule has 19 heavy (non-hydrogen) atoms. The lowest BCUT2D eigenvalue weighted by Gasteiger charge is -2.11. The van der Waals surface area contributed by atoms with Gasteiger partial charge in [0.2, 0.25) is 11.8 Å². The van der Waals surface area contributed by atoms with E-state index in [0.29, 0.717) is 25.1 Å². The summed E-state index contributed by atoms with van der Waals surface area (Å²) in [5, 5.41) is 3.21. The summed E-state index contributed by atoms with van der Waals surface area (Å²) in [5.74, 6) is -0.313. The molecule has 0 aliphatic carbocycles. The Bertz CT molecular complexity index is 470. The smallest absolute Gasteiger partial charge is 0.248 e. The maximum Gasteiger partial charge on any atom is 0.248 e. The van der Waals surface area contributed by atoms with E-state index < -0.39 is 5.91 Å². The number of nitrogens with zero attached hydrogens (tertiary/aromatic N) is 1. The summed E-state index contributed by atoms with van der Waals surface area (Å²) in [4.78, 5) is 24.0. The second-order valence-electron chi connectivity index (χ2n) is 4.72. The van der Waals surface area contributed by atoms with Crippen molar-refractivity contribution in [1.82, 2.24) is 10.2 Å². The third kappa shape index (κ3) is 4.71. The number of nitrogens with one attached hydrogen (secondary N) is 1. The number of carbonyl (C=O) groups is 2. The minimum Gasteiger partial charge on any atom is -0.366 e. The van der Waals surface area contributed by atoms with Gasteiger partial charge in [0.25, 0.3) is 0 Å². The topological polar surface area (TPSA) is 75.4 Å². The fourth-order valence-electron chi connectivity index (χ4n) is 1.69. The Morgan fingerprint density at radius 2 is 2.00 bits per heavy atom. The molecule has 0 radical (unpaired) electrons. The summed E-state index contributed by atoms with van der Waals surface area (Å²) in [7, 11) is 3.49. The van der Waals surface area contributed by atoms with Gasteiger partial charge in [-0.1, -0.05) is 6.07 Å². The first kappa shape index (κ1) is 15.2. The third-order valence-electron chi connectivity index (χ3n) is 2.96. The van der Waals surface area contributed by atoms with E-state index in [1.165, 1.54) is 0 Å². The zero-order valence-corrected chi connectivity index (χ0v) is 11.7. The molecule has 0 fully saturated rings. The van der Waals surface area contributed by atoms with Crippen molar-refractivity contribution in [3.05, 3.63) is 34.9 Å². The first-order valence-electron chi connectivity index (χ1n) is 6.22. The Labute approximate surface area is 113 Å². The average molecular weight is 263 g/mol. The van der Waals surface area contributed by atoms with Gasteiger partial charge in [-0.3, -0.25) is 9.59 Å². The molecule has 1 aromatic rings. The number of benzene rings is 1. The van der Waals surface area contributed by atoms with Crippen LogP contribution in [-0.4, -0.2) is 37.4 Å². The first-order chi connectivity index (χ1) is 8.91. The van der Waals surface area contributed by atoms with Crippen LogP contribution in [0.5, 0.6) is 0 Å². The lowest BCUT2D eigenvalue weighted by Crippen LogP contribution is -2.26. The van der Waals surface area contributed by atoms with Crippen LogP contribution in [0.1, 0.15) is 27.9 Å². The molecular weight excluding hydrogens is 242 g/mol. The van der Waals surface area contributed by atoms with Gasteiger partial charge in [0.1, 0.15) is 0 Å². The van der Waals surface area contributed by atoms with Crippen LogP contribution in [0.15, 0.2) is 18.2 Å². The van der Waals surface area contributed by atoms with Crippen molar-refractivity contribution < 1.29 is 9.59 Å². The van der Waals surface area contributed by atoms with Gasteiger partial charge in [-0.15, -0.1) is 0 Å². The molecule has 0 unspecified atom stereocenters. The fraction of sp³-hybridized carbons (Fsp3) is 0.429. The van der Waals surface area contributed by atoms with Gasteiger partial charge in [0.05, 0.1) is 0 Å². The number of primary amides is 1. The third-order valence-corrected chi connectivity index (χ3v) is 2.96. The van der Waals surface area contributed by atoms with Crippen LogP contribution in [0.25, 0.3) is 0 Å². The lowest BCUT2D eigenvalue weighted by molar-refractivity contribution is -0.128. The van der Waals surface area contributed by atoms with Crippen molar-refractivity contribution in [2.24, 2.45) is 5.73 Å². The van der Waals surface area contributed by atoms with Crippen LogP contribution in [0, 0.1) is 6.92 Å². The standard InChI is InChI=1S/C14H21N3O2/c1-10-8-11(14(15)19)4-5-12(10)9-16-7-6-13(18)17(2)3/h4-5,8,16H,6-7,9H2,1-3H3,(H2,15,19). The van der Waals surface area contributed by atoms with Gasteiger partial charge in [0.15, 0.2) is 0 Å². The largest absolute Gasteiger partial charge is 0.366 e. The SMILES string of the molecule is Cc1cc(C(N)=O)ccc1CNCCC(=O)N(C)C. The number of amides is 2. The average Bonchev–Trinajstić information content (AvgIpc) is 2.35. The molecule has 3 N–H and O–H groups in total. The molecule has 1 aromatic carbocycles. The molecule has 1 rings (SSSR count). The number of aryl methyl sites for hydroxylation is 1. The summed E-state index contributed by atoms with van der Waals surface area (Å²) in [6, 6.07) is 5.39. The molecule has 5 heteroatoms. The first-order valence-corrected chi connectivity index (χ1v) is 6.22. The number of nitrogens with two attached hydrogens (primary N) is 1. The second kappa shape index (κ2) is 6.89. The maximum absolute atomic E-state index is 11.4. The number of hydrogen-bond acceptors (Lipinski definition) is 3. The molecule has 0 heterocycles. The monoisotopic (exact) mass is 263 g/mol. The molecule has 0 aliphatic rings. The van der Waals surface area contributed by atoms with Crippen LogP contribution < -0.4 is 11.1 Å². The Kier molecular flexibility index (Phi) is 5.51. The van der Waals surface area contributed by atoms with E-state index in [2.05, 4.69) is 5.32 Å². The highest BCUT2D eigenvalue weighted by molar-refractivity contribution is 5.93. The van der Waals surface area contributed by atoms with Gasteiger partial charge >= 0.3 is 0 Å². The van der Waals surface area contributed by atoms with E-state index in [0.717, 1.165) is 11.1 Å². The molecule has 0 bridgehead atoms. The van der Waals surface area contributed by atoms with Crippen LogP contribution >= 0.6 is 0 Å². The highest BCUT2D eigenvalue weighted by Crippen LogP contribution is 2.10. The molecule has 0 saturated heterocycles. The summed E-state index contributed by atoms with van der Waals surface area (Å²) in [6.07, 6.45) is 0.478.